The summed E-state index contributed by atoms with van der Waals surface area (Å²) in [4.78, 5) is 0. The van der Waals surface area contributed by atoms with Gasteiger partial charge in [-0.2, -0.15) is 5.10 Å². The summed E-state index contributed by atoms with van der Waals surface area (Å²) in [5.74, 6) is 0.659. The lowest BCUT2D eigenvalue weighted by Gasteiger charge is -2.10. The van der Waals surface area contributed by atoms with Crippen molar-refractivity contribution >= 4 is 11.6 Å². The molecule has 1 heterocycles. The second-order valence-electron chi connectivity index (χ2n) is 5.38. The van der Waals surface area contributed by atoms with Gasteiger partial charge >= 0.3 is 0 Å². The Kier molecular flexibility index (Phi) is 5.21. The van der Waals surface area contributed by atoms with Crippen molar-refractivity contribution in [3.05, 3.63) is 46.7 Å². The molecule has 0 fully saturated rings. The van der Waals surface area contributed by atoms with E-state index in [1.807, 2.05) is 35.1 Å². The van der Waals surface area contributed by atoms with Crippen LogP contribution in [0.5, 0.6) is 0 Å². The highest BCUT2D eigenvalue weighted by Crippen LogP contribution is 2.18. The molecule has 0 radical (unpaired) electrons. The van der Waals surface area contributed by atoms with Crippen molar-refractivity contribution in [2.75, 3.05) is 6.54 Å². The number of halogens is 1. The third kappa shape index (κ3) is 3.62. The number of aromatic nitrogens is 2. The van der Waals surface area contributed by atoms with Gasteiger partial charge < -0.3 is 5.32 Å². The quantitative estimate of drug-likeness (QED) is 0.876. The van der Waals surface area contributed by atoms with E-state index in [4.69, 9.17) is 11.6 Å². The van der Waals surface area contributed by atoms with Gasteiger partial charge in [0.25, 0.3) is 0 Å². The standard InChI is InChI=1S/C16H22ClN3/c1-4-16-13(10-18-9-12(2)3)11-19-20(16)15-7-5-14(17)6-8-15/h5-8,11-12,18H,4,9-10H2,1-3H3. The summed E-state index contributed by atoms with van der Waals surface area (Å²) in [6.07, 6.45) is 2.92. The molecule has 0 bridgehead atoms. The van der Waals surface area contributed by atoms with E-state index in [0.29, 0.717) is 5.92 Å². The Balaban J connectivity index is 2.18. The topological polar surface area (TPSA) is 29.9 Å². The predicted molar refractivity (Wildman–Crippen MR) is 84.5 cm³/mol. The summed E-state index contributed by atoms with van der Waals surface area (Å²) in [6, 6.07) is 7.79. The van der Waals surface area contributed by atoms with Crippen LogP contribution in [0.2, 0.25) is 5.02 Å². The second kappa shape index (κ2) is 6.91. The number of nitrogens with zero attached hydrogens (tertiary/aromatic N) is 2. The Hall–Kier alpha value is -1.32. The fourth-order valence-corrected chi connectivity index (χ4v) is 2.36. The van der Waals surface area contributed by atoms with E-state index in [-0.39, 0.29) is 0 Å². The van der Waals surface area contributed by atoms with E-state index in [1.54, 1.807) is 0 Å². The van der Waals surface area contributed by atoms with Gasteiger partial charge in [0.05, 0.1) is 11.9 Å². The molecule has 1 aromatic heterocycles. The number of hydrogen-bond donors (Lipinski definition) is 1. The largest absolute Gasteiger partial charge is 0.312 e. The van der Waals surface area contributed by atoms with Crippen LogP contribution in [-0.2, 0) is 13.0 Å². The fraction of sp³-hybridized carbons (Fsp3) is 0.438. The molecule has 0 unspecified atom stereocenters. The fourth-order valence-electron chi connectivity index (χ4n) is 2.23. The second-order valence-corrected chi connectivity index (χ2v) is 5.82. The van der Waals surface area contributed by atoms with Crippen molar-refractivity contribution in [3.63, 3.8) is 0 Å². The minimum atomic E-state index is 0.659. The van der Waals surface area contributed by atoms with Gasteiger partial charge in [-0.3, -0.25) is 0 Å². The van der Waals surface area contributed by atoms with Crippen molar-refractivity contribution in [2.45, 2.75) is 33.7 Å². The molecule has 2 aromatic rings. The Morgan fingerprint density at radius 2 is 1.95 bits per heavy atom. The van der Waals surface area contributed by atoms with E-state index in [1.165, 1.54) is 11.3 Å². The molecular weight excluding hydrogens is 270 g/mol. The van der Waals surface area contributed by atoms with E-state index in [2.05, 4.69) is 31.2 Å². The first kappa shape index (κ1) is 15.1. The highest BCUT2D eigenvalue weighted by Gasteiger charge is 2.10. The Bertz CT molecular complexity index is 543. The summed E-state index contributed by atoms with van der Waals surface area (Å²) < 4.78 is 2.00. The summed E-state index contributed by atoms with van der Waals surface area (Å²) in [7, 11) is 0. The van der Waals surface area contributed by atoms with Crippen LogP contribution < -0.4 is 5.32 Å². The normalized spacial score (nSPS) is 11.2. The molecule has 1 N–H and O–H groups in total. The molecule has 4 heteroatoms. The molecule has 108 valence electrons. The molecule has 0 spiro atoms. The van der Waals surface area contributed by atoms with Crippen LogP contribution in [0.25, 0.3) is 5.69 Å². The molecule has 0 amide bonds. The maximum absolute atomic E-state index is 5.94. The van der Waals surface area contributed by atoms with Crippen molar-refractivity contribution in [1.82, 2.24) is 15.1 Å². The zero-order valence-corrected chi connectivity index (χ0v) is 13.1. The van der Waals surface area contributed by atoms with E-state index < -0.39 is 0 Å². The molecule has 0 aliphatic carbocycles. The minimum absolute atomic E-state index is 0.659. The highest BCUT2D eigenvalue weighted by molar-refractivity contribution is 6.30. The van der Waals surface area contributed by atoms with Gasteiger partial charge in [0.15, 0.2) is 0 Å². The molecule has 0 aliphatic rings. The molecule has 0 aliphatic heterocycles. The number of rotatable bonds is 6. The van der Waals surface area contributed by atoms with Gasteiger partial charge in [-0.05, 0) is 43.1 Å². The maximum Gasteiger partial charge on any atom is 0.0649 e. The molecule has 0 saturated heterocycles. The van der Waals surface area contributed by atoms with Crippen molar-refractivity contribution in [1.29, 1.82) is 0 Å². The van der Waals surface area contributed by atoms with Crippen molar-refractivity contribution in [3.8, 4) is 5.69 Å². The lowest BCUT2D eigenvalue weighted by atomic mass is 10.2. The van der Waals surface area contributed by atoms with Crippen molar-refractivity contribution < 1.29 is 0 Å². The summed E-state index contributed by atoms with van der Waals surface area (Å²) in [5.41, 5.74) is 3.58. The summed E-state index contributed by atoms with van der Waals surface area (Å²) >= 11 is 5.94. The van der Waals surface area contributed by atoms with Gasteiger partial charge in [-0.1, -0.05) is 32.4 Å². The molecule has 20 heavy (non-hydrogen) atoms. The third-order valence-electron chi connectivity index (χ3n) is 3.23. The molecule has 0 saturated carbocycles. The molecule has 1 aromatic carbocycles. The summed E-state index contributed by atoms with van der Waals surface area (Å²) in [5, 5.41) is 8.74. The van der Waals surface area contributed by atoms with Gasteiger partial charge in [0.1, 0.15) is 0 Å². The highest BCUT2D eigenvalue weighted by atomic mass is 35.5. The molecular formula is C16H22ClN3. The van der Waals surface area contributed by atoms with E-state index in [0.717, 1.165) is 30.2 Å². The average molecular weight is 292 g/mol. The molecule has 2 rings (SSSR count). The van der Waals surface area contributed by atoms with Crippen LogP contribution in [0.3, 0.4) is 0 Å². The first-order valence-corrected chi connectivity index (χ1v) is 7.52. The lowest BCUT2D eigenvalue weighted by Crippen LogP contribution is -2.19. The first-order valence-electron chi connectivity index (χ1n) is 7.14. The zero-order chi connectivity index (χ0) is 14.5. The molecule has 0 atom stereocenters. The van der Waals surface area contributed by atoms with E-state index in [9.17, 15) is 0 Å². The predicted octanol–water partition coefficient (Wildman–Crippen LogP) is 3.83. The average Bonchev–Trinajstić information content (AvgIpc) is 2.82. The number of hydrogen-bond acceptors (Lipinski definition) is 2. The smallest absolute Gasteiger partial charge is 0.0649 e. The van der Waals surface area contributed by atoms with Crippen molar-refractivity contribution in [2.24, 2.45) is 5.92 Å². The molecule has 3 nitrogen and oxygen atoms in total. The summed E-state index contributed by atoms with van der Waals surface area (Å²) in [6.45, 7) is 8.48. The lowest BCUT2D eigenvalue weighted by molar-refractivity contribution is 0.551. The van der Waals surface area contributed by atoms with Gasteiger partial charge in [0.2, 0.25) is 0 Å². The van der Waals surface area contributed by atoms with Gasteiger partial charge in [-0.15, -0.1) is 0 Å². The van der Waals surface area contributed by atoms with Crippen LogP contribution in [-0.4, -0.2) is 16.3 Å². The number of nitrogens with one attached hydrogen (secondary N) is 1. The monoisotopic (exact) mass is 291 g/mol. The third-order valence-corrected chi connectivity index (χ3v) is 3.48. The Morgan fingerprint density at radius 1 is 1.25 bits per heavy atom. The van der Waals surface area contributed by atoms with Crippen LogP contribution >= 0.6 is 11.6 Å². The van der Waals surface area contributed by atoms with Gasteiger partial charge in [-0.25, -0.2) is 4.68 Å². The van der Waals surface area contributed by atoms with Gasteiger partial charge in [0, 0.05) is 22.8 Å². The number of benzene rings is 1. The zero-order valence-electron chi connectivity index (χ0n) is 12.4. The minimum Gasteiger partial charge on any atom is -0.312 e. The maximum atomic E-state index is 5.94. The Labute approximate surface area is 126 Å². The SMILES string of the molecule is CCc1c(CNCC(C)C)cnn1-c1ccc(Cl)cc1. The van der Waals surface area contributed by atoms with E-state index >= 15 is 0 Å². The van der Waals surface area contributed by atoms with Crippen LogP contribution in [0.1, 0.15) is 32.0 Å². The van der Waals surface area contributed by atoms with Crippen LogP contribution in [0.15, 0.2) is 30.5 Å². The van der Waals surface area contributed by atoms with Crippen LogP contribution in [0, 0.1) is 5.92 Å². The Morgan fingerprint density at radius 3 is 2.55 bits per heavy atom. The first-order chi connectivity index (χ1) is 9.61. The van der Waals surface area contributed by atoms with Crippen LogP contribution in [0.4, 0.5) is 0 Å².